The number of pyridine rings is 1. The van der Waals surface area contributed by atoms with Gasteiger partial charge in [-0.2, -0.15) is 13.2 Å². The van der Waals surface area contributed by atoms with Gasteiger partial charge in [0.15, 0.2) is 0 Å². The smallest absolute Gasteiger partial charge is 0.348 e. The van der Waals surface area contributed by atoms with Crippen LogP contribution in [0.1, 0.15) is 34.2 Å². The van der Waals surface area contributed by atoms with Crippen LogP contribution >= 0.6 is 0 Å². The number of aromatic nitrogens is 3. The molecule has 0 unspecified atom stereocenters. The maximum atomic E-state index is 12.7. The minimum Gasteiger partial charge on any atom is -0.348 e. The number of aromatic amines is 1. The number of nitrogens with one attached hydrogen (secondary N) is 2. The van der Waals surface area contributed by atoms with E-state index in [9.17, 15) is 22.8 Å². The molecule has 4 heterocycles. The number of amides is 1. The van der Waals surface area contributed by atoms with Gasteiger partial charge < -0.3 is 14.9 Å². The van der Waals surface area contributed by atoms with E-state index in [1.165, 1.54) is 6.07 Å². The van der Waals surface area contributed by atoms with Gasteiger partial charge in [-0.05, 0) is 24.5 Å². The Kier molecular flexibility index (Phi) is 4.74. The highest BCUT2D eigenvalue weighted by atomic mass is 19.4. The van der Waals surface area contributed by atoms with Crippen LogP contribution in [0.5, 0.6) is 0 Å². The van der Waals surface area contributed by atoms with E-state index in [1.807, 2.05) is 0 Å². The average molecular weight is 395 g/mol. The molecule has 2 N–H and O–H groups in total. The number of carbonyl (C=O) groups excluding carboxylic acids is 1. The molecule has 0 saturated carbocycles. The van der Waals surface area contributed by atoms with Crippen LogP contribution in [0.3, 0.4) is 0 Å². The molecule has 1 saturated heterocycles. The van der Waals surface area contributed by atoms with Crippen molar-refractivity contribution < 1.29 is 18.0 Å². The lowest BCUT2D eigenvalue weighted by molar-refractivity contribution is -0.123. The van der Waals surface area contributed by atoms with Gasteiger partial charge in [-0.15, -0.1) is 0 Å². The van der Waals surface area contributed by atoms with Gasteiger partial charge in [0, 0.05) is 43.6 Å². The van der Waals surface area contributed by atoms with Gasteiger partial charge in [0.25, 0.3) is 11.5 Å². The van der Waals surface area contributed by atoms with Gasteiger partial charge >= 0.3 is 6.18 Å². The summed E-state index contributed by atoms with van der Waals surface area (Å²) in [6, 6.07) is 3.03. The summed E-state index contributed by atoms with van der Waals surface area (Å²) in [7, 11) is 0. The van der Waals surface area contributed by atoms with Crippen LogP contribution in [0.4, 0.5) is 13.2 Å². The molecule has 2 atom stereocenters. The van der Waals surface area contributed by atoms with Crippen molar-refractivity contribution in [3.8, 4) is 0 Å². The number of halogens is 3. The molecule has 7 nitrogen and oxygen atoms in total. The minimum atomic E-state index is -4.52. The quantitative estimate of drug-likeness (QED) is 0.822. The zero-order valence-electron chi connectivity index (χ0n) is 15.0. The highest BCUT2D eigenvalue weighted by molar-refractivity contribution is 5.93. The number of rotatable bonds is 4. The van der Waals surface area contributed by atoms with Crippen molar-refractivity contribution in [1.29, 1.82) is 0 Å². The first-order valence-electron chi connectivity index (χ1n) is 9.09. The fraction of sp³-hybridized carbons (Fsp3) is 0.500. The first-order valence-corrected chi connectivity index (χ1v) is 9.09. The lowest BCUT2D eigenvalue weighted by atomic mass is 9.83. The summed E-state index contributed by atoms with van der Waals surface area (Å²) in [6.45, 7) is 1.26. The largest absolute Gasteiger partial charge is 0.405 e. The third-order valence-electron chi connectivity index (χ3n) is 5.30. The van der Waals surface area contributed by atoms with Crippen molar-refractivity contribution >= 4 is 5.91 Å². The average Bonchev–Trinajstić information content (AvgIpc) is 3.13. The van der Waals surface area contributed by atoms with Crippen molar-refractivity contribution in [3.63, 3.8) is 0 Å². The van der Waals surface area contributed by atoms with Crippen LogP contribution in [0.2, 0.25) is 0 Å². The molecule has 2 aliphatic rings. The third kappa shape index (κ3) is 3.82. The van der Waals surface area contributed by atoms with Crippen molar-refractivity contribution in [2.75, 3.05) is 19.6 Å². The van der Waals surface area contributed by atoms with E-state index in [-0.39, 0.29) is 17.4 Å². The molecule has 0 aromatic carbocycles. The Morgan fingerprint density at radius 2 is 2.11 bits per heavy atom. The molecule has 2 aliphatic heterocycles. The maximum Gasteiger partial charge on any atom is 0.405 e. The molecular weight excluding hydrogens is 375 g/mol. The molecule has 2 bridgehead atoms. The summed E-state index contributed by atoms with van der Waals surface area (Å²) in [5.74, 6) is 0.275. The Morgan fingerprint density at radius 3 is 2.82 bits per heavy atom. The second-order valence-electron chi connectivity index (χ2n) is 7.41. The monoisotopic (exact) mass is 395 g/mol. The van der Waals surface area contributed by atoms with Crippen molar-refractivity contribution in [2.24, 2.45) is 5.92 Å². The predicted octanol–water partition coefficient (Wildman–Crippen LogP) is 1.48. The number of hydrogen-bond acceptors (Lipinski definition) is 4. The van der Waals surface area contributed by atoms with E-state index in [0.717, 1.165) is 31.0 Å². The fourth-order valence-electron chi connectivity index (χ4n) is 4.22. The minimum absolute atomic E-state index is 0.141. The molecule has 150 valence electrons. The zero-order chi connectivity index (χ0) is 19.9. The molecule has 0 radical (unpaired) electrons. The summed E-state index contributed by atoms with van der Waals surface area (Å²) in [5.41, 5.74) is 0.0598. The van der Waals surface area contributed by atoms with Crippen molar-refractivity contribution in [1.82, 2.24) is 24.8 Å². The van der Waals surface area contributed by atoms with Crippen LogP contribution in [0.15, 0.2) is 29.3 Å². The fourth-order valence-corrected chi connectivity index (χ4v) is 4.22. The molecule has 10 heteroatoms. The number of fused-ring (bicyclic) bond motifs is 4. The Morgan fingerprint density at radius 1 is 1.29 bits per heavy atom. The predicted molar refractivity (Wildman–Crippen MR) is 93.8 cm³/mol. The van der Waals surface area contributed by atoms with Gasteiger partial charge in [-0.25, -0.2) is 4.98 Å². The standard InChI is InChI=1S/C18H20F3N5O2/c19-18(20,21)10-24-16(27)13-1-2-14-12-5-11(7-26(14)17(13)28)6-25(8-12)9-15-22-3-4-23-15/h1-4,11-12H,5-10H2,(H,22,23)(H,24,27)/t11-,12+/m0/s1. The number of H-pyrrole nitrogens is 1. The Labute approximate surface area is 158 Å². The van der Waals surface area contributed by atoms with E-state index in [0.29, 0.717) is 13.1 Å². The van der Waals surface area contributed by atoms with Crippen LogP contribution in [-0.4, -0.2) is 51.2 Å². The summed E-state index contributed by atoms with van der Waals surface area (Å²) in [6.07, 6.45) is -0.0804. The first-order chi connectivity index (χ1) is 13.3. The molecule has 2 aromatic rings. The number of nitrogens with zero attached hydrogens (tertiary/aromatic N) is 3. The molecule has 1 fully saturated rings. The number of hydrogen-bond donors (Lipinski definition) is 2. The van der Waals surface area contributed by atoms with Gasteiger partial charge in [-0.3, -0.25) is 14.5 Å². The molecular formula is C18H20F3N5O2. The van der Waals surface area contributed by atoms with Crippen LogP contribution < -0.4 is 10.9 Å². The lowest BCUT2D eigenvalue weighted by Crippen LogP contribution is -2.48. The highest BCUT2D eigenvalue weighted by Crippen LogP contribution is 2.35. The highest BCUT2D eigenvalue weighted by Gasteiger charge is 2.36. The summed E-state index contributed by atoms with van der Waals surface area (Å²) in [4.78, 5) is 34.4. The Balaban J connectivity index is 1.53. The molecule has 2 aromatic heterocycles. The van der Waals surface area contributed by atoms with E-state index in [1.54, 1.807) is 28.3 Å². The van der Waals surface area contributed by atoms with Gasteiger partial charge in [0.1, 0.15) is 17.9 Å². The normalized spacial score (nSPS) is 22.0. The maximum absolute atomic E-state index is 12.7. The molecule has 4 rings (SSSR count). The van der Waals surface area contributed by atoms with Crippen LogP contribution in [0.25, 0.3) is 0 Å². The Bertz CT molecular complexity index is 922. The SMILES string of the molecule is O=C(NCC(F)(F)F)c1ccc2n(c1=O)C[C@H]1C[C@@H]2CN(Cc2ncc[nH]2)C1. The summed E-state index contributed by atoms with van der Waals surface area (Å²) in [5, 5.41) is 1.77. The topological polar surface area (TPSA) is 83.0 Å². The summed E-state index contributed by atoms with van der Waals surface area (Å²) >= 11 is 0. The second-order valence-corrected chi connectivity index (χ2v) is 7.41. The number of imidazole rings is 1. The Hall–Kier alpha value is -2.62. The number of alkyl halides is 3. The zero-order valence-corrected chi connectivity index (χ0v) is 15.0. The van der Waals surface area contributed by atoms with Crippen LogP contribution in [-0.2, 0) is 13.1 Å². The van der Waals surface area contributed by atoms with Crippen molar-refractivity contribution in [2.45, 2.75) is 31.6 Å². The molecule has 0 spiro atoms. The number of piperidine rings is 1. The van der Waals surface area contributed by atoms with Gasteiger partial charge in [0.2, 0.25) is 0 Å². The molecule has 1 amide bonds. The molecule has 28 heavy (non-hydrogen) atoms. The van der Waals surface area contributed by atoms with Gasteiger partial charge in [-0.1, -0.05) is 0 Å². The number of likely N-dealkylation sites (tertiary alicyclic amines) is 1. The first kappa shape index (κ1) is 18.7. The van der Waals surface area contributed by atoms with Crippen LogP contribution in [0, 0.1) is 5.92 Å². The third-order valence-corrected chi connectivity index (χ3v) is 5.30. The second kappa shape index (κ2) is 7.08. The van der Waals surface area contributed by atoms with E-state index < -0.39 is 24.2 Å². The van der Waals surface area contributed by atoms with Crippen molar-refractivity contribution in [3.05, 3.63) is 52.0 Å². The van der Waals surface area contributed by atoms with Gasteiger partial charge in [0.05, 0.1) is 6.54 Å². The van der Waals surface area contributed by atoms with E-state index in [2.05, 4.69) is 14.9 Å². The summed E-state index contributed by atoms with van der Waals surface area (Å²) < 4.78 is 38.5. The van der Waals surface area contributed by atoms with E-state index in [4.69, 9.17) is 0 Å². The molecule has 0 aliphatic carbocycles. The van der Waals surface area contributed by atoms with E-state index >= 15 is 0 Å². The lowest BCUT2D eigenvalue weighted by Gasteiger charge is -2.42. The number of carbonyl (C=O) groups is 1.